The van der Waals surface area contributed by atoms with E-state index in [9.17, 15) is 9.69 Å². The van der Waals surface area contributed by atoms with Crippen molar-refractivity contribution >= 4 is 13.6 Å². The molecule has 0 amide bonds. The molecule has 0 saturated heterocycles. The molecule has 0 radical (unpaired) electrons. The Hall–Kier alpha value is -0.220. The van der Waals surface area contributed by atoms with Gasteiger partial charge in [-0.1, -0.05) is 0 Å². The zero-order valence-corrected chi connectivity index (χ0v) is 14.1. The van der Waals surface area contributed by atoms with E-state index in [1.165, 1.54) is 0 Å². The molecule has 0 aromatic rings. The van der Waals surface area contributed by atoms with Crippen molar-refractivity contribution in [3.63, 3.8) is 0 Å². The molecule has 1 atom stereocenters. The van der Waals surface area contributed by atoms with Gasteiger partial charge in [-0.25, -0.2) is 0 Å². The van der Waals surface area contributed by atoms with Gasteiger partial charge in [0.25, 0.3) is 0 Å². The second-order valence-electron chi connectivity index (χ2n) is 5.89. The number of rotatable bonds is 8. The van der Waals surface area contributed by atoms with Gasteiger partial charge in [-0.15, -0.1) is 0 Å². The molecule has 1 aliphatic rings. The summed E-state index contributed by atoms with van der Waals surface area (Å²) < 4.78 is 10.7. The first-order valence-electron chi connectivity index (χ1n) is 7.67. The minimum atomic E-state index is -2.79. The monoisotopic (exact) mass is 307 g/mol. The summed E-state index contributed by atoms with van der Waals surface area (Å²) in [5.74, 6) is -0.305. The Morgan fingerprint density at radius 2 is 1.95 bits per heavy atom. The molecule has 0 bridgehead atoms. The summed E-state index contributed by atoms with van der Waals surface area (Å²) in [4.78, 5) is 22.9. The van der Waals surface area contributed by atoms with Crippen molar-refractivity contribution in [2.75, 3.05) is 13.0 Å². The molecule has 20 heavy (non-hydrogen) atoms. The number of hydrogen-bond donors (Lipinski definition) is 2. The Bertz CT molecular complexity index is 308. The van der Waals surface area contributed by atoms with Crippen LogP contribution in [-0.4, -0.2) is 41.6 Å². The van der Waals surface area contributed by atoms with Crippen molar-refractivity contribution in [3.05, 3.63) is 0 Å². The number of hydrogen-bond acceptors (Lipinski definition) is 5. The van der Waals surface area contributed by atoms with E-state index in [4.69, 9.17) is 9.47 Å². The van der Waals surface area contributed by atoms with Crippen molar-refractivity contribution in [2.24, 2.45) is 0 Å². The average Bonchev–Trinajstić information content (AvgIpc) is 2.90. The van der Waals surface area contributed by atoms with E-state index in [1.807, 2.05) is 20.8 Å². The maximum atomic E-state index is 11.9. The Morgan fingerprint density at radius 1 is 1.35 bits per heavy atom. The van der Waals surface area contributed by atoms with Crippen LogP contribution in [0.25, 0.3) is 0 Å². The van der Waals surface area contributed by atoms with Crippen LogP contribution in [0.15, 0.2) is 0 Å². The summed E-state index contributed by atoms with van der Waals surface area (Å²) in [6.07, 6.45) is 4.55. The van der Waals surface area contributed by atoms with Crippen LogP contribution in [0.2, 0.25) is 0 Å². The normalized spacial score (nSPS) is 19.3. The third kappa shape index (κ3) is 5.28. The van der Waals surface area contributed by atoms with Gasteiger partial charge in [0.05, 0.1) is 0 Å². The van der Waals surface area contributed by atoms with Gasteiger partial charge in [0.2, 0.25) is 0 Å². The molecule has 120 valence electrons. The zero-order chi connectivity index (χ0) is 15.2. The first kappa shape index (κ1) is 17.8. The van der Waals surface area contributed by atoms with E-state index in [2.05, 4.69) is 5.09 Å². The molecule has 1 rings (SSSR count). The van der Waals surface area contributed by atoms with Crippen LogP contribution in [0, 0.1) is 0 Å². The van der Waals surface area contributed by atoms with Crippen LogP contribution in [0.1, 0.15) is 53.4 Å². The fraction of sp³-hybridized carbons (Fsp3) is 0.929. The quantitative estimate of drug-likeness (QED) is 0.532. The molecule has 0 aromatic heterocycles. The molecular weight excluding hydrogens is 277 g/mol. The van der Waals surface area contributed by atoms with E-state index in [-0.39, 0.29) is 17.7 Å². The first-order chi connectivity index (χ1) is 9.39. The van der Waals surface area contributed by atoms with E-state index >= 15 is 0 Å². The van der Waals surface area contributed by atoms with E-state index in [0.29, 0.717) is 13.0 Å². The zero-order valence-electron chi connectivity index (χ0n) is 13.1. The molecule has 0 aliphatic heterocycles. The van der Waals surface area contributed by atoms with Crippen LogP contribution < -0.4 is 5.09 Å². The van der Waals surface area contributed by atoms with Gasteiger partial charge in [-0.05, 0) is 0 Å². The average molecular weight is 307 g/mol. The second kappa shape index (κ2) is 8.28. The molecule has 0 aromatic carbocycles. The third-order valence-corrected chi connectivity index (χ3v) is 7.23. The summed E-state index contributed by atoms with van der Waals surface area (Å²) in [6.45, 7) is 7.90. The fourth-order valence-electron chi connectivity index (χ4n) is 2.71. The topological polar surface area (TPSA) is 67.8 Å². The van der Waals surface area contributed by atoms with Crippen molar-refractivity contribution < 1.29 is 19.2 Å². The summed E-state index contributed by atoms with van der Waals surface area (Å²) in [5.41, 5.74) is 0.267. The molecule has 1 saturated carbocycles. The maximum absolute atomic E-state index is 11.9. The summed E-state index contributed by atoms with van der Waals surface area (Å²) in [5, 5.41) is 3.17. The van der Waals surface area contributed by atoms with E-state index in [1.54, 1.807) is 6.92 Å². The Kier molecular flexibility index (Phi) is 7.38. The van der Waals surface area contributed by atoms with Gasteiger partial charge in [0, 0.05) is 0 Å². The number of carbonyl (C=O) groups excluding carboxylic acids is 1. The minimum absolute atomic E-state index is 0.139. The van der Waals surface area contributed by atoms with Crippen LogP contribution >= 0.6 is 7.64 Å². The van der Waals surface area contributed by atoms with Crippen LogP contribution in [-0.2, 0) is 14.3 Å². The van der Waals surface area contributed by atoms with E-state index in [0.717, 1.165) is 25.7 Å². The van der Waals surface area contributed by atoms with Crippen molar-refractivity contribution in [1.82, 2.24) is 5.09 Å². The van der Waals surface area contributed by atoms with Crippen LogP contribution in [0.4, 0.5) is 0 Å². The summed E-state index contributed by atoms with van der Waals surface area (Å²) >= 11 is 0. The van der Waals surface area contributed by atoms with Crippen LogP contribution in [0.5, 0.6) is 0 Å². The van der Waals surface area contributed by atoms with Crippen molar-refractivity contribution in [1.29, 1.82) is 0 Å². The molecule has 2 N–H and O–H groups in total. The van der Waals surface area contributed by atoms with Crippen LogP contribution in [0.3, 0.4) is 0 Å². The van der Waals surface area contributed by atoms with Gasteiger partial charge in [0.1, 0.15) is 0 Å². The van der Waals surface area contributed by atoms with Gasteiger partial charge < -0.3 is 0 Å². The molecule has 0 spiro atoms. The van der Waals surface area contributed by atoms with Crippen molar-refractivity contribution in [2.45, 2.75) is 71.2 Å². The standard InChI is InChI=1S/C14H30NO4P/c1-5-18-10-20(17,13-8-6-7-9-13)15-12(4)14(16)19-11(2)3/h11-13,15,17,20H,5-10H2,1-4H3. The number of carbonyl (C=O) groups is 1. The fourth-order valence-corrected chi connectivity index (χ4v) is 6.01. The molecule has 1 aliphatic carbocycles. The first-order valence-corrected chi connectivity index (χ1v) is 9.90. The van der Waals surface area contributed by atoms with Crippen molar-refractivity contribution in [3.8, 4) is 0 Å². The molecule has 5 nitrogen and oxygen atoms in total. The van der Waals surface area contributed by atoms with Gasteiger partial charge in [-0.2, -0.15) is 0 Å². The number of esters is 1. The SMILES string of the molecule is CCOC[PH](O)(NC(C)C(=O)OC(C)C)C1CCCC1. The van der Waals surface area contributed by atoms with Gasteiger partial charge in [0.15, 0.2) is 0 Å². The van der Waals surface area contributed by atoms with Gasteiger partial charge in [-0.3, -0.25) is 0 Å². The molecule has 1 unspecified atom stereocenters. The third-order valence-electron chi connectivity index (χ3n) is 3.73. The number of nitrogens with one attached hydrogen (secondary N) is 1. The summed E-state index contributed by atoms with van der Waals surface area (Å²) in [6, 6.07) is -0.491. The molecule has 6 heteroatoms. The molecule has 0 heterocycles. The second-order valence-corrected chi connectivity index (χ2v) is 9.14. The Morgan fingerprint density at radius 3 is 2.45 bits per heavy atom. The number of ether oxygens (including phenoxy) is 2. The van der Waals surface area contributed by atoms with E-state index < -0.39 is 13.7 Å². The molecular formula is C14H30NO4P. The van der Waals surface area contributed by atoms with Gasteiger partial charge >= 0.3 is 122 Å². The molecule has 1 fully saturated rings. The Labute approximate surface area is 122 Å². The predicted octanol–water partition coefficient (Wildman–Crippen LogP) is 2.42. The summed E-state index contributed by atoms with van der Waals surface area (Å²) in [7, 11) is -2.79. The predicted molar refractivity (Wildman–Crippen MR) is 83.1 cm³/mol. The Balaban J connectivity index is 2.65.